The first-order valence-corrected chi connectivity index (χ1v) is 6.06. The van der Waals surface area contributed by atoms with Crippen molar-refractivity contribution in [3.05, 3.63) is 33.4 Å². The van der Waals surface area contributed by atoms with Crippen molar-refractivity contribution >= 4 is 22.6 Å². The molecule has 1 aromatic carbocycles. The highest BCUT2D eigenvalue weighted by atomic mass is 127. The average Bonchev–Trinajstić information content (AvgIpc) is 2.50. The molecule has 0 amide bonds. The lowest BCUT2D eigenvalue weighted by molar-refractivity contribution is 0.0572. The highest BCUT2D eigenvalue weighted by Crippen LogP contribution is 2.15. The smallest absolute Gasteiger partial charge is 0.0938 e. The molecule has 1 heterocycles. The Bertz CT molecular complexity index is 318. The van der Waals surface area contributed by atoms with E-state index in [0.29, 0.717) is 13.1 Å². The van der Waals surface area contributed by atoms with E-state index < -0.39 is 12.2 Å². The number of rotatable bonds is 2. The molecule has 4 heteroatoms. The molecular weight excluding hydrogens is 305 g/mol. The molecule has 15 heavy (non-hydrogen) atoms. The highest BCUT2D eigenvalue weighted by Gasteiger charge is 2.29. The molecule has 0 unspecified atom stereocenters. The van der Waals surface area contributed by atoms with Crippen molar-refractivity contribution in [1.29, 1.82) is 0 Å². The van der Waals surface area contributed by atoms with Crippen molar-refractivity contribution < 1.29 is 10.2 Å². The molecule has 0 aliphatic carbocycles. The van der Waals surface area contributed by atoms with Crippen LogP contribution in [0.5, 0.6) is 0 Å². The summed E-state index contributed by atoms with van der Waals surface area (Å²) in [5.41, 5.74) is 1.22. The molecule has 0 radical (unpaired) electrons. The van der Waals surface area contributed by atoms with Crippen LogP contribution < -0.4 is 0 Å². The van der Waals surface area contributed by atoms with E-state index in [1.807, 2.05) is 0 Å². The summed E-state index contributed by atoms with van der Waals surface area (Å²) >= 11 is 2.27. The summed E-state index contributed by atoms with van der Waals surface area (Å²) in [6, 6.07) is 8.30. The molecular formula is C11H14INO2. The SMILES string of the molecule is O[C@@H]1CN(Cc2ccc(I)cc2)C[C@@H]1O. The van der Waals surface area contributed by atoms with Crippen LogP contribution in [-0.2, 0) is 6.54 Å². The van der Waals surface area contributed by atoms with Gasteiger partial charge in [-0.2, -0.15) is 0 Å². The van der Waals surface area contributed by atoms with Crippen molar-refractivity contribution in [3.63, 3.8) is 0 Å². The zero-order chi connectivity index (χ0) is 10.8. The van der Waals surface area contributed by atoms with Crippen LogP contribution in [-0.4, -0.2) is 40.4 Å². The van der Waals surface area contributed by atoms with Gasteiger partial charge in [-0.05, 0) is 40.3 Å². The fourth-order valence-corrected chi connectivity index (χ4v) is 2.18. The van der Waals surface area contributed by atoms with Gasteiger partial charge in [0, 0.05) is 23.2 Å². The number of likely N-dealkylation sites (tertiary alicyclic amines) is 1. The third-order valence-corrected chi connectivity index (χ3v) is 3.37. The largest absolute Gasteiger partial charge is 0.389 e. The lowest BCUT2D eigenvalue weighted by Gasteiger charge is -2.14. The molecule has 3 nitrogen and oxygen atoms in total. The zero-order valence-corrected chi connectivity index (χ0v) is 10.5. The predicted molar refractivity (Wildman–Crippen MR) is 66.4 cm³/mol. The molecule has 0 aromatic heterocycles. The van der Waals surface area contributed by atoms with Crippen LogP contribution in [0.1, 0.15) is 5.56 Å². The molecule has 0 saturated carbocycles. The first-order valence-electron chi connectivity index (χ1n) is 4.98. The summed E-state index contributed by atoms with van der Waals surface area (Å²) in [7, 11) is 0. The number of hydrogen-bond donors (Lipinski definition) is 2. The molecule has 1 aliphatic heterocycles. The minimum absolute atomic E-state index is 0.563. The molecule has 0 spiro atoms. The topological polar surface area (TPSA) is 43.7 Å². The van der Waals surface area contributed by atoms with Crippen molar-refractivity contribution in [2.24, 2.45) is 0 Å². The molecule has 0 bridgehead atoms. The second-order valence-electron chi connectivity index (χ2n) is 3.96. The van der Waals surface area contributed by atoms with Gasteiger partial charge in [0.05, 0.1) is 12.2 Å². The monoisotopic (exact) mass is 319 g/mol. The summed E-state index contributed by atoms with van der Waals surface area (Å²) in [6.45, 7) is 1.92. The second-order valence-corrected chi connectivity index (χ2v) is 5.20. The highest BCUT2D eigenvalue weighted by molar-refractivity contribution is 14.1. The normalized spacial score (nSPS) is 27.1. The number of benzene rings is 1. The Morgan fingerprint density at radius 1 is 1.13 bits per heavy atom. The van der Waals surface area contributed by atoms with E-state index in [-0.39, 0.29) is 0 Å². The Hall–Kier alpha value is -0.170. The van der Waals surface area contributed by atoms with E-state index in [0.717, 1.165) is 6.54 Å². The third-order valence-electron chi connectivity index (χ3n) is 2.65. The van der Waals surface area contributed by atoms with Crippen LogP contribution in [0.2, 0.25) is 0 Å². The Kier molecular flexibility index (Phi) is 3.60. The number of hydrogen-bond acceptors (Lipinski definition) is 3. The summed E-state index contributed by atoms with van der Waals surface area (Å²) in [5.74, 6) is 0. The van der Waals surface area contributed by atoms with E-state index in [1.165, 1.54) is 9.13 Å². The van der Waals surface area contributed by atoms with Gasteiger partial charge in [0.15, 0.2) is 0 Å². The third kappa shape index (κ3) is 2.90. The van der Waals surface area contributed by atoms with Gasteiger partial charge in [0.2, 0.25) is 0 Å². The molecule has 1 aromatic rings. The standard InChI is InChI=1S/C11H14INO2/c12-9-3-1-8(2-4-9)5-13-6-10(14)11(15)7-13/h1-4,10-11,14-15H,5-7H2/t10-,11+. The summed E-state index contributed by atoms with van der Waals surface area (Å²) < 4.78 is 1.22. The van der Waals surface area contributed by atoms with Gasteiger partial charge in [0.1, 0.15) is 0 Å². The van der Waals surface area contributed by atoms with Gasteiger partial charge in [-0.1, -0.05) is 12.1 Å². The van der Waals surface area contributed by atoms with Crippen LogP contribution in [0.25, 0.3) is 0 Å². The summed E-state index contributed by atoms with van der Waals surface area (Å²) in [5, 5.41) is 18.8. The Morgan fingerprint density at radius 2 is 1.67 bits per heavy atom. The first kappa shape index (κ1) is 11.3. The average molecular weight is 319 g/mol. The Balaban J connectivity index is 1.95. The van der Waals surface area contributed by atoms with Gasteiger partial charge in [-0.25, -0.2) is 0 Å². The van der Waals surface area contributed by atoms with Crippen molar-refractivity contribution in [2.75, 3.05) is 13.1 Å². The quantitative estimate of drug-likeness (QED) is 0.794. The van der Waals surface area contributed by atoms with Crippen molar-refractivity contribution in [1.82, 2.24) is 4.90 Å². The molecule has 1 saturated heterocycles. The number of aliphatic hydroxyl groups is 2. The van der Waals surface area contributed by atoms with E-state index >= 15 is 0 Å². The molecule has 2 rings (SSSR count). The number of aliphatic hydroxyl groups excluding tert-OH is 2. The molecule has 82 valence electrons. The van der Waals surface area contributed by atoms with Crippen molar-refractivity contribution in [2.45, 2.75) is 18.8 Å². The molecule has 1 aliphatic rings. The minimum Gasteiger partial charge on any atom is -0.389 e. The first-order chi connectivity index (χ1) is 7.15. The van der Waals surface area contributed by atoms with Crippen LogP contribution in [0, 0.1) is 3.57 Å². The zero-order valence-electron chi connectivity index (χ0n) is 8.31. The van der Waals surface area contributed by atoms with Gasteiger partial charge in [0.25, 0.3) is 0 Å². The predicted octanol–water partition coefficient (Wildman–Crippen LogP) is 0.829. The van der Waals surface area contributed by atoms with Crippen LogP contribution in [0.4, 0.5) is 0 Å². The molecule has 2 atom stereocenters. The van der Waals surface area contributed by atoms with Crippen LogP contribution in [0.15, 0.2) is 24.3 Å². The lowest BCUT2D eigenvalue weighted by atomic mass is 10.2. The Morgan fingerprint density at radius 3 is 2.20 bits per heavy atom. The number of β-amino-alcohol motifs (C(OH)–C–C–N with tert-alkyl or cyclic N) is 2. The van der Waals surface area contributed by atoms with Gasteiger partial charge in [-0.3, -0.25) is 4.90 Å². The fraction of sp³-hybridized carbons (Fsp3) is 0.455. The fourth-order valence-electron chi connectivity index (χ4n) is 1.82. The number of halogens is 1. The van der Waals surface area contributed by atoms with Gasteiger partial charge < -0.3 is 10.2 Å². The maximum absolute atomic E-state index is 9.40. The van der Waals surface area contributed by atoms with E-state index in [1.54, 1.807) is 0 Å². The van der Waals surface area contributed by atoms with Gasteiger partial charge in [-0.15, -0.1) is 0 Å². The molecule has 2 N–H and O–H groups in total. The van der Waals surface area contributed by atoms with E-state index in [9.17, 15) is 10.2 Å². The molecule has 1 fully saturated rings. The maximum atomic E-state index is 9.40. The van der Waals surface area contributed by atoms with Crippen LogP contribution >= 0.6 is 22.6 Å². The van der Waals surface area contributed by atoms with Crippen LogP contribution in [0.3, 0.4) is 0 Å². The number of nitrogens with zero attached hydrogens (tertiary/aromatic N) is 1. The van der Waals surface area contributed by atoms with Crippen molar-refractivity contribution in [3.8, 4) is 0 Å². The van der Waals surface area contributed by atoms with Gasteiger partial charge >= 0.3 is 0 Å². The maximum Gasteiger partial charge on any atom is 0.0938 e. The summed E-state index contributed by atoms with van der Waals surface area (Å²) in [4.78, 5) is 2.07. The lowest BCUT2D eigenvalue weighted by Crippen LogP contribution is -2.22. The minimum atomic E-state index is -0.589. The Labute approximate surface area is 103 Å². The second kappa shape index (κ2) is 4.78. The van der Waals surface area contributed by atoms with E-state index in [2.05, 4.69) is 51.8 Å². The van der Waals surface area contributed by atoms with E-state index in [4.69, 9.17) is 0 Å². The summed E-state index contributed by atoms with van der Waals surface area (Å²) in [6.07, 6.45) is -1.18.